The number of thiol groups is 1. The van der Waals surface area contributed by atoms with Crippen molar-refractivity contribution in [2.24, 2.45) is 0 Å². The Balaban J connectivity index is 0. The Morgan fingerprint density at radius 3 is 1.83 bits per heavy atom. The number of thiophene rings is 1. The predicted molar refractivity (Wildman–Crippen MR) is 283 cm³/mol. The molecule has 2 heteroatoms. The second-order valence-corrected chi connectivity index (χ2v) is 15.6. The Morgan fingerprint density at radius 2 is 1.31 bits per heavy atom. The lowest BCUT2D eigenvalue weighted by Crippen LogP contribution is -2.04. The van der Waals surface area contributed by atoms with Gasteiger partial charge in [-0.3, -0.25) is 0 Å². The summed E-state index contributed by atoms with van der Waals surface area (Å²) in [5.41, 5.74) is 9.75. The Kier molecular flexibility index (Phi) is 36.9. The minimum Gasteiger partial charge on any atom is -0.142 e. The zero-order valence-corrected chi connectivity index (χ0v) is 42.1. The van der Waals surface area contributed by atoms with Crippen LogP contribution in [-0.4, -0.2) is 0 Å². The van der Waals surface area contributed by atoms with Gasteiger partial charge in [-0.1, -0.05) is 207 Å². The fourth-order valence-electron chi connectivity index (χ4n) is 6.69. The molecule has 4 rings (SSSR count). The number of rotatable bonds is 18. The third-order valence-corrected chi connectivity index (χ3v) is 11.2. The number of hydrogen-bond donors (Lipinski definition) is 1. The highest BCUT2D eigenvalue weighted by molar-refractivity contribution is 7.90. The monoisotopic (exact) mass is 837 g/mol. The second-order valence-electron chi connectivity index (χ2n) is 14.0. The van der Waals surface area contributed by atoms with Crippen LogP contribution in [-0.2, 0) is 19.3 Å². The van der Waals surface area contributed by atoms with Crippen molar-refractivity contribution in [2.75, 3.05) is 0 Å². The van der Waals surface area contributed by atoms with Crippen molar-refractivity contribution >= 4 is 45.7 Å². The number of benzene rings is 2. The molecule has 2 aromatic carbocycles. The Hall–Kier alpha value is -3.33. The first-order valence-corrected chi connectivity index (χ1v) is 24.7. The van der Waals surface area contributed by atoms with Gasteiger partial charge in [0.15, 0.2) is 0 Å². The highest BCUT2D eigenvalue weighted by atomic mass is 32.1. The number of unbranched alkanes of at least 4 members (excludes halogenated alkanes) is 6. The largest absolute Gasteiger partial charge is 0.142 e. The summed E-state index contributed by atoms with van der Waals surface area (Å²) in [7, 11) is 0. The lowest BCUT2D eigenvalue weighted by molar-refractivity contribution is 0.664. The van der Waals surface area contributed by atoms with E-state index in [4.69, 9.17) is 12.6 Å². The van der Waals surface area contributed by atoms with Gasteiger partial charge in [0.25, 0.3) is 0 Å². The Morgan fingerprint density at radius 1 is 0.763 bits per heavy atom. The normalized spacial score (nSPS) is 12.3. The third kappa shape index (κ3) is 20.7. The van der Waals surface area contributed by atoms with Crippen LogP contribution in [0.3, 0.4) is 0 Å². The van der Waals surface area contributed by atoms with Crippen LogP contribution < -0.4 is 0 Å². The minimum absolute atomic E-state index is 0.164. The molecule has 0 bridgehead atoms. The topological polar surface area (TPSA) is 0 Å². The maximum Gasteiger partial charge on any atom is 0.0406 e. The van der Waals surface area contributed by atoms with E-state index < -0.39 is 0 Å². The van der Waals surface area contributed by atoms with Crippen molar-refractivity contribution in [3.05, 3.63) is 153 Å². The van der Waals surface area contributed by atoms with Gasteiger partial charge < -0.3 is 0 Å². The third-order valence-electron chi connectivity index (χ3n) is 9.47. The van der Waals surface area contributed by atoms with E-state index >= 15 is 0 Å². The lowest BCUT2D eigenvalue weighted by Gasteiger charge is -2.20. The van der Waals surface area contributed by atoms with Crippen LogP contribution in [0.2, 0.25) is 0 Å². The van der Waals surface area contributed by atoms with Gasteiger partial charge in [-0.05, 0) is 120 Å². The molecule has 0 saturated carbocycles. The second kappa shape index (κ2) is 37.7. The molecule has 0 spiro atoms. The first-order chi connectivity index (χ1) is 28.8. The van der Waals surface area contributed by atoms with E-state index in [9.17, 15) is 0 Å². The van der Waals surface area contributed by atoms with E-state index in [2.05, 4.69) is 140 Å². The molecule has 1 unspecified atom stereocenters. The van der Waals surface area contributed by atoms with Gasteiger partial charge in [0.1, 0.15) is 0 Å². The van der Waals surface area contributed by atoms with Crippen molar-refractivity contribution in [3.63, 3.8) is 0 Å². The summed E-state index contributed by atoms with van der Waals surface area (Å²) in [6, 6.07) is 13.6. The van der Waals surface area contributed by atoms with Gasteiger partial charge in [-0.25, -0.2) is 0 Å². The quantitative estimate of drug-likeness (QED) is 0.0561. The molecule has 1 aromatic heterocycles. The van der Waals surface area contributed by atoms with Crippen LogP contribution in [0.15, 0.2) is 121 Å². The van der Waals surface area contributed by atoms with E-state index in [0.717, 1.165) is 36.2 Å². The summed E-state index contributed by atoms with van der Waals surface area (Å²) in [5, 5.41) is 2.95. The summed E-state index contributed by atoms with van der Waals surface area (Å²) in [4.78, 5) is 3.43. The van der Waals surface area contributed by atoms with Crippen molar-refractivity contribution in [1.82, 2.24) is 0 Å². The zero-order chi connectivity index (χ0) is 45.0. The molecular formula is C57H88S2. The molecule has 0 fully saturated rings. The summed E-state index contributed by atoms with van der Waals surface area (Å²) >= 11 is 6.72. The van der Waals surface area contributed by atoms with E-state index in [-0.39, 0.29) is 5.92 Å². The fraction of sp³-hybridized carbons (Fsp3) is 0.474. The maximum absolute atomic E-state index is 4.93. The molecule has 1 aliphatic carbocycles. The van der Waals surface area contributed by atoms with Crippen molar-refractivity contribution in [1.29, 1.82) is 0 Å². The van der Waals surface area contributed by atoms with Gasteiger partial charge in [0.2, 0.25) is 0 Å². The van der Waals surface area contributed by atoms with Crippen LogP contribution >= 0.6 is 24.0 Å². The molecule has 0 radical (unpaired) electrons. The van der Waals surface area contributed by atoms with Crippen LogP contribution in [0.1, 0.15) is 192 Å². The molecule has 0 N–H and O–H groups in total. The predicted octanol–water partition coefficient (Wildman–Crippen LogP) is 20.0. The summed E-state index contributed by atoms with van der Waals surface area (Å²) in [6.07, 6.45) is 35.6. The lowest BCUT2D eigenvalue weighted by atomic mass is 9.84. The first kappa shape index (κ1) is 57.8. The Bertz CT molecular complexity index is 1730. The molecule has 59 heavy (non-hydrogen) atoms. The SMILES string of the molecule is C=CC.C=CC(=C)C(C=CCC)c1ccc(/C(S)=C/C=C(\C)C2=CCc3c(c(CCCCCC)c4ccccc4c3CCCCCC)C=C2)s1.CC.CC.CC.CCC. The fourth-order valence-corrected chi connectivity index (χ4v) is 8.04. The molecular weight excluding hydrogens is 749 g/mol. The van der Waals surface area contributed by atoms with E-state index in [1.807, 2.05) is 54.5 Å². The number of aryl methyl sites for hydroxylation is 2. The van der Waals surface area contributed by atoms with Gasteiger partial charge in [0, 0.05) is 20.6 Å². The smallest absolute Gasteiger partial charge is 0.0406 e. The molecule has 0 amide bonds. The number of fused-ring (bicyclic) bond motifs is 2. The summed E-state index contributed by atoms with van der Waals surface area (Å²) < 4.78 is 0. The highest BCUT2D eigenvalue weighted by Crippen LogP contribution is 2.38. The molecule has 1 aliphatic rings. The summed E-state index contributed by atoms with van der Waals surface area (Å²) in [6.45, 7) is 38.7. The number of allylic oxidation sites excluding steroid dienone is 11. The standard InChI is InChI=1S/C45H56S2.C3H8.C3H6.3C2H6/c1-7-11-14-16-21-39-37-23-18-19-24-38(37)40(22-17-15-12-8-2)42-29-27-35(26-28-41(39)42)34(6)25-30-43(46)45-32-31-44(47-45)36(20-13-9-3)33(5)10-4;2*1-3-2;3*1-2/h10,13,18-20,23-28,30-32,36,46H,4-5,7-9,11-12,14-17,21-22,29H2,1-3,6H3;3H2,1-2H3;3H,1H2,2H3;3*1-2H3/b20-13?,34-25+,43-30-;;;;;. The van der Waals surface area contributed by atoms with Gasteiger partial charge >= 0.3 is 0 Å². The summed E-state index contributed by atoms with van der Waals surface area (Å²) in [5.74, 6) is 0.164. The molecule has 3 aromatic rings. The van der Waals surface area contributed by atoms with E-state index in [0.29, 0.717) is 0 Å². The van der Waals surface area contributed by atoms with Crippen LogP contribution in [0.25, 0.3) is 21.8 Å². The minimum atomic E-state index is 0.164. The Labute approximate surface area is 376 Å². The zero-order valence-electron chi connectivity index (χ0n) is 40.4. The van der Waals surface area contributed by atoms with Gasteiger partial charge in [-0.2, -0.15) is 0 Å². The molecule has 328 valence electrons. The van der Waals surface area contributed by atoms with Crippen LogP contribution in [0.4, 0.5) is 0 Å². The highest BCUT2D eigenvalue weighted by Gasteiger charge is 2.19. The first-order valence-electron chi connectivity index (χ1n) is 23.4. The maximum atomic E-state index is 4.93. The van der Waals surface area contributed by atoms with E-state index in [1.54, 1.807) is 34.1 Å². The van der Waals surface area contributed by atoms with Gasteiger partial charge in [0.05, 0.1) is 0 Å². The number of hydrogen-bond acceptors (Lipinski definition) is 2. The van der Waals surface area contributed by atoms with Crippen LogP contribution in [0, 0.1) is 0 Å². The van der Waals surface area contributed by atoms with Crippen molar-refractivity contribution in [3.8, 4) is 0 Å². The van der Waals surface area contributed by atoms with Crippen molar-refractivity contribution in [2.45, 2.75) is 179 Å². The average molecular weight is 837 g/mol. The van der Waals surface area contributed by atoms with Crippen LogP contribution in [0.5, 0.6) is 0 Å². The average Bonchev–Trinajstić information content (AvgIpc) is 3.66. The molecule has 0 saturated heterocycles. The molecule has 1 atom stereocenters. The van der Waals surface area contributed by atoms with Crippen molar-refractivity contribution < 1.29 is 0 Å². The molecule has 1 heterocycles. The molecule has 0 aliphatic heterocycles. The van der Waals surface area contributed by atoms with Gasteiger partial charge in [-0.15, -0.1) is 30.5 Å². The molecule has 0 nitrogen and oxygen atoms in total. The van der Waals surface area contributed by atoms with E-state index in [1.165, 1.54) is 95.0 Å².